The molecule has 0 aliphatic heterocycles. The molecule has 3 nitrogen and oxygen atoms in total. The van der Waals surface area contributed by atoms with Gasteiger partial charge in [0.25, 0.3) is 0 Å². The Morgan fingerprint density at radius 2 is 1.71 bits per heavy atom. The van der Waals surface area contributed by atoms with E-state index in [4.69, 9.17) is 11.0 Å². The molecule has 0 amide bonds. The van der Waals surface area contributed by atoms with Crippen molar-refractivity contribution in [3.05, 3.63) is 114 Å². The summed E-state index contributed by atoms with van der Waals surface area (Å²) in [6, 6.07) is 24.1. The molecular weight excluding hydrogens is 627 g/mol. The van der Waals surface area contributed by atoms with Gasteiger partial charge >= 0.3 is 0 Å². The summed E-state index contributed by atoms with van der Waals surface area (Å²) in [5, 5.41) is 1.57. The molecule has 0 atom stereocenters. The van der Waals surface area contributed by atoms with E-state index in [0.717, 1.165) is 28.2 Å². The summed E-state index contributed by atoms with van der Waals surface area (Å²) in [6.45, 7) is -2.81. The minimum atomic E-state index is -2.53. The van der Waals surface area contributed by atoms with Crippen LogP contribution in [0, 0.1) is 32.8 Å². The first kappa shape index (κ1) is 16.4. The average Bonchev–Trinajstić information content (AvgIpc) is 3.33. The van der Waals surface area contributed by atoms with Gasteiger partial charge < -0.3 is 9.97 Å². The van der Waals surface area contributed by atoms with Crippen molar-refractivity contribution in [3.63, 3.8) is 0 Å². The Labute approximate surface area is 234 Å². The number of nitrogens with zero attached hydrogens (tertiary/aromatic N) is 3. The number of pyridine rings is 3. The van der Waals surface area contributed by atoms with Crippen LogP contribution >= 0.6 is 11.3 Å². The molecule has 6 aromatic rings. The van der Waals surface area contributed by atoms with Gasteiger partial charge in [-0.05, 0) is 59.3 Å². The molecule has 5 heteroatoms. The van der Waals surface area contributed by atoms with Crippen molar-refractivity contribution in [1.82, 2.24) is 15.0 Å². The van der Waals surface area contributed by atoms with Crippen LogP contribution in [-0.2, 0) is 20.1 Å². The summed E-state index contributed by atoms with van der Waals surface area (Å²) in [5.74, 6) is 0. The number of aryl methyl sites for hydroxylation is 3. The maximum Gasteiger partial charge on any atom is 0.113 e. The van der Waals surface area contributed by atoms with Gasteiger partial charge in [-0.1, -0.05) is 35.7 Å². The Kier molecular flexibility index (Phi) is 5.17. The Bertz CT molecular complexity index is 1890. The number of benzene rings is 2. The zero-order valence-electron chi connectivity index (χ0n) is 26.5. The molecule has 0 N–H and O–H groups in total. The van der Waals surface area contributed by atoms with Crippen LogP contribution in [0.15, 0.2) is 85.1 Å². The fraction of sp³-hybridized carbons (Fsp3) is 0.100. The Morgan fingerprint density at radius 1 is 0.829 bits per heavy atom. The number of fused-ring (bicyclic) bond motifs is 3. The Hall–Kier alpha value is -3.24. The molecule has 0 aliphatic rings. The zero-order chi connectivity index (χ0) is 30.2. The van der Waals surface area contributed by atoms with E-state index in [0.29, 0.717) is 15.1 Å². The Morgan fingerprint density at radius 3 is 2.49 bits per heavy atom. The molecule has 4 heterocycles. The van der Waals surface area contributed by atoms with Crippen molar-refractivity contribution in [2.45, 2.75) is 20.6 Å². The molecule has 6 rings (SSSR count). The smallest absolute Gasteiger partial charge is 0.113 e. The molecule has 2 aromatic carbocycles. The molecule has 4 aromatic heterocycles. The molecule has 1 radical (unpaired) electrons. The van der Waals surface area contributed by atoms with Gasteiger partial charge in [-0.25, -0.2) is 4.98 Å². The summed E-state index contributed by atoms with van der Waals surface area (Å²) < 4.78 is 62.2. The fourth-order valence-electron chi connectivity index (χ4n) is 3.43. The largest absolute Gasteiger partial charge is 0.304 e. The van der Waals surface area contributed by atoms with Crippen molar-refractivity contribution in [3.8, 4) is 22.5 Å². The summed E-state index contributed by atoms with van der Waals surface area (Å²) in [5.41, 5.74) is 3.52. The first-order chi connectivity index (χ1) is 19.8. The van der Waals surface area contributed by atoms with Crippen molar-refractivity contribution in [2.24, 2.45) is 0 Å². The third-order valence-electron chi connectivity index (χ3n) is 5.07. The summed E-state index contributed by atoms with van der Waals surface area (Å²) in [6.07, 6.45) is 2.98. The van der Waals surface area contributed by atoms with E-state index in [-0.39, 0.29) is 43.1 Å². The van der Waals surface area contributed by atoms with Crippen LogP contribution < -0.4 is 0 Å². The summed E-state index contributed by atoms with van der Waals surface area (Å²) in [7, 11) is 0. The molecule has 175 valence electrons. The number of rotatable bonds is 2. The SMILES string of the molecule is Cc1ccc(-c2[c-]cccc2)nc1.[2H]c1c(C([2H])([2H])[2H])cnc(-c2[c-]ccc3c2sc2nc(C([2H])([2H])[2H])ccc23)c1[2H].[Ir]. The van der Waals surface area contributed by atoms with Gasteiger partial charge in [0, 0.05) is 46.4 Å². The van der Waals surface area contributed by atoms with Gasteiger partial charge in [-0.3, -0.25) is 0 Å². The van der Waals surface area contributed by atoms with Crippen LogP contribution in [-0.4, -0.2) is 15.0 Å². The van der Waals surface area contributed by atoms with Crippen molar-refractivity contribution < 1.29 is 31.1 Å². The van der Waals surface area contributed by atoms with Crippen molar-refractivity contribution >= 4 is 31.6 Å². The van der Waals surface area contributed by atoms with Crippen LogP contribution in [0.3, 0.4) is 0 Å². The number of hydrogen-bond donors (Lipinski definition) is 0. The van der Waals surface area contributed by atoms with Crippen LogP contribution in [0.2, 0.25) is 0 Å². The van der Waals surface area contributed by atoms with Crippen molar-refractivity contribution in [2.75, 3.05) is 0 Å². The first-order valence-corrected chi connectivity index (χ1v) is 11.3. The maximum atomic E-state index is 8.27. The van der Waals surface area contributed by atoms with Crippen LogP contribution in [0.5, 0.6) is 0 Å². The van der Waals surface area contributed by atoms with E-state index < -0.39 is 19.7 Å². The van der Waals surface area contributed by atoms with Gasteiger partial charge in [0.2, 0.25) is 0 Å². The third kappa shape index (κ3) is 5.54. The second-order valence-electron chi connectivity index (χ2n) is 7.51. The zero-order valence-corrected chi connectivity index (χ0v) is 21.7. The van der Waals surface area contributed by atoms with E-state index >= 15 is 0 Å². The Balaban J connectivity index is 0.000000253. The molecule has 0 unspecified atom stereocenters. The van der Waals surface area contributed by atoms with Gasteiger partial charge in [-0.2, -0.15) is 11.3 Å². The number of hydrogen-bond acceptors (Lipinski definition) is 4. The normalized spacial score (nSPS) is 14.5. The molecular formula is C30H23IrN3S-2. The molecule has 0 saturated carbocycles. The average molecular weight is 658 g/mol. The van der Waals surface area contributed by atoms with Gasteiger partial charge in [0.05, 0.1) is 2.74 Å². The molecule has 0 aliphatic carbocycles. The second-order valence-corrected chi connectivity index (χ2v) is 8.51. The summed E-state index contributed by atoms with van der Waals surface area (Å²) in [4.78, 5) is 13.3. The van der Waals surface area contributed by atoms with Gasteiger partial charge in [-0.15, -0.1) is 59.7 Å². The molecule has 35 heavy (non-hydrogen) atoms. The van der Waals surface area contributed by atoms with Gasteiger partial charge in [0.15, 0.2) is 0 Å². The molecule has 0 spiro atoms. The quantitative estimate of drug-likeness (QED) is 0.179. The van der Waals surface area contributed by atoms with Crippen LogP contribution in [0.4, 0.5) is 0 Å². The summed E-state index contributed by atoms with van der Waals surface area (Å²) >= 11 is 1.25. The van der Waals surface area contributed by atoms with Crippen LogP contribution in [0.1, 0.15) is 27.8 Å². The minimum Gasteiger partial charge on any atom is -0.304 e. The van der Waals surface area contributed by atoms with E-state index in [9.17, 15) is 0 Å². The van der Waals surface area contributed by atoms with Crippen molar-refractivity contribution in [1.29, 1.82) is 0 Å². The fourth-order valence-corrected chi connectivity index (χ4v) is 4.60. The predicted octanol–water partition coefficient (Wildman–Crippen LogP) is 7.78. The monoisotopic (exact) mass is 658 g/mol. The maximum absolute atomic E-state index is 8.27. The topological polar surface area (TPSA) is 38.7 Å². The number of aromatic nitrogens is 3. The van der Waals surface area contributed by atoms with Crippen LogP contribution in [0.25, 0.3) is 42.8 Å². The van der Waals surface area contributed by atoms with Gasteiger partial charge in [0.1, 0.15) is 4.83 Å². The third-order valence-corrected chi connectivity index (χ3v) is 6.20. The molecule has 0 bridgehead atoms. The van der Waals surface area contributed by atoms with E-state index in [1.54, 1.807) is 12.1 Å². The number of thiophene rings is 1. The molecule has 0 fully saturated rings. The van der Waals surface area contributed by atoms with E-state index in [2.05, 4.69) is 33.2 Å². The predicted molar refractivity (Wildman–Crippen MR) is 142 cm³/mol. The van der Waals surface area contributed by atoms with E-state index in [1.807, 2.05) is 49.5 Å². The minimum absolute atomic E-state index is 0. The second kappa shape index (κ2) is 11.0. The molecule has 0 saturated heterocycles. The standard InChI is InChI=1S/C18H13N2S.C12H10N.Ir/c1-11-6-9-16(19-10-11)15-5-3-4-13-14-8-7-12(2)20-18(14)21-17(13)15;1-10-7-8-12(13-9-10)11-5-3-2-4-6-11;/h3-4,6-10H,1-2H3;2-5,7-9H,1H3;/q2*-1;/i1D3,2D3,6D,9D;;. The first-order valence-electron chi connectivity index (χ1n) is 14.5. The van der Waals surface area contributed by atoms with E-state index in [1.165, 1.54) is 23.0 Å².